The highest BCUT2D eigenvalue weighted by molar-refractivity contribution is 6.30. The van der Waals surface area contributed by atoms with Gasteiger partial charge in [-0.3, -0.25) is 4.79 Å². The Hall–Kier alpha value is -1.81. The molecule has 2 heterocycles. The number of rotatable bonds is 2. The fourth-order valence-electron chi connectivity index (χ4n) is 2.66. The first kappa shape index (κ1) is 14.1. The quantitative estimate of drug-likeness (QED) is 0.846. The highest BCUT2D eigenvalue weighted by Crippen LogP contribution is 2.24. The van der Waals surface area contributed by atoms with Crippen molar-refractivity contribution >= 4 is 17.5 Å². The Morgan fingerprint density at radius 1 is 1.38 bits per heavy atom. The lowest BCUT2D eigenvalue weighted by Crippen LogP contribution is -2.39. The van der Waals surface area contributed by atoms with E-state index in [1.807, 2.05) is 17.0 Å². The molecule has 1 aromatic carbocycles. The molecule has 1 unspecified atom stereocenters. The minimum atomic E-state index is -0.0505. The van der Waals surface area contributed by atoms with E-state index in [0.29, 0.717) is 22.4 Å². The van der Waals surface area contributed by atoms with Crippen LogP contribution in [0.15, 0.2) is 34.9 Å². The van der Waals surface area contributed by atoms with Crippen molar-refractivity contribution in [3.05, 3.63) is 41.0 Å². The Morgan fingerprint density at radius 2 is 2.14 bits per heavy atom. The van der Waals surface area contributed by atoms with Gasteiger partial charge in [0.25, 0.3) is 5.91 Å². The molecule has 0 radical (unpaired) electrons. The van der Waals surface area contributed by atoms with Gasteiger partial charge in [-0.1, -0.05) is 23.7 Å². The van der Waals surface area contributed by atoms with E-state index in [-0.39, 0.29) is 5.91 Å². The molecule has 1 fully saturated rings. The van der Waals surface area contributed by atoms with Gasteiger partial charge in [-0.15, -0.1) is 0 Å². The summed E-state index contributed by atoms with van der Waals surface area (Å²) in [4.78, 5) is 14.3. The van der Waals surface area contributed by atoms with Crippen LogP contribution in [-0.2, 0) is 0 Å². The molecule has 4 nitrogen and oxygen atoms in total. The summed E-state index contributed by atoms with van der Waals surface area (Å²) in [5, 5.41) is 4.58. The van der Waals surface area contributed by atoms with Crippen LogP contribution in [0.25, 0.3) is 11.3 Å². The second-order valence-electron chi connectivity index (χ2n) is 5.58. The van der Waals surface area contributed by atoms with E-state index in [1.165, 1.54) is 6.42 Å². The molecule has 1 aliphatic rings. The van der Waals surface area contributed by atoms with Crippen LogP contribution in [-0.4, -0.2) is 29.1 Å². The number of amides is 1. The predicted octanol–water partition coefficient (Wildman–Crippen LogP) is 3.87. The molecule has 5 heteroatoms. The predicted molar refractivity (Wildman–Crippen MR) is 81.3 cm³/mol. The SMILES string of the molecule is CC1CCCN(C(=O)c2cc(-c3ccc(Cl)cc3)on2)C1. The third-order valence-corrected chi connectivity index (χ3v) is 4.05. The molecule has 110 valence electrons. The van der Waals surface area contributed by atoms with Gasteiger partial charge in [-0.25, -0.2) is 0 Å². The smallest absolute Gasteiger partial charge is 0.276 e. The van der Waals surface area contributed by atoms with Gasteiger partial charge in [0.05, 0.1) is 0 Å². The van der Waals surface area contributed by atoms with Crippen LogP contribution >= 0.6 is 11.6 Å². The van der Waals surface area contributed by atoms with E-state index in [4.69, 9.17) is 16.1 Å². The van der Waals surface area contributed by atoms with Gasteiger partial charge in [0.15, 0.2) is 11.5 Å². The molecular weight excluding hydrogens is 288 g/mol. The van der Waals surface area contributed by atoms with Gasteiger partial charge in [-0.2, -0.15) is 0 Å². The van der Waals surface area contributed by atoms with Crippen molar-refractivity contribution in [1.29, 1.82) is 0 Å². The summed E-state index contributed by atoms with van der Waals surface area (Å²) >= 11 is 5.86. The Morgan fingerprint density at radius 3 is 2.86 bits per heavy atom. The molecule has 1 aromatic heterocycles. The van der Waals surface area contributed by atoms with Crippen LogP contribution < -0.4 is 0 Å². The fourth-order valence-corrected chi connectivity index (χ4v) is 2.79. The highest BCUT2D eigenvalue weighted by atomic mass is 35.5. The molecule has 0 aliphatic carbocycles. The molecule has 3 rings (SSSR count). The molecular formula is C16H17ClN2O2. The molecule has 1 amide bonds. The number of benzene rings is 1. The molecule has 21 heavy (non-hydrogen) atoms. The molecule has 0 spiro atoms. The topological polar surface area (TPSA) is 46.3 Å². The number of hydrogen-bond donors (Lipinski definition) is 0. The van der Waals surface area contributed by atoms with E-state index in [1.54, 1.807) is 18.2 Å². The zero-order valence-electron chi connectivity index (χ0n) is 11.9. The summed E-state index contributed by atoms with van der Waals surface area (Å²) in [6, 6.07) is 8.96. The lowest BCUT2D eigenvalue weighted by atomic mass is 10.00. The first-order valence-electron chi connectivity index (χ1n) is 7.15. The molecule has 1 aliphatic heterocycles. The van der Waals surface area contributed by atoms with Gasteiger partial charge >= 0.3 is 0 Å². The number of hydrogen-bond acceptors (Lipinski definition) is 3. The van der Waals surface area contributed by atoms with Crippen molar-refractivity contribution in [2.45, 2.75) is 19.8 Å². The fraction of sp³-hybridized carbons (Fsp3) is 0.375. The zero-order chi connectivity index (χ0) is 14.8. The van der Waals surface area contributed by atoms with Crippen molar-refractivity contribution in [2.75, 3.05) is 13.1 Å². The Bertz CT molecular complexity index is 636. The van der Waals surface area contributed by atoms with Gasteiger partial charge in [0, 0.05) is 29.7 Å². The average molecular weight is 305 g/mol. The van der Waals surface area contributed by atoms with Crippen molar-refractivity contribution in [3.8, 4) is 11.3 Å². The number of carbonyl (C=O) groups is 1. The molecule has 1 atom stereocenters. The molecule has 2 aromatic rings. The second kappa shape index (κ2) is 5.90. The lowest BCUT2D eigenvalue weighted by Gasteiger charge is -2.30. The van der Waals surface area contributed by atoms with Crippen molar-refractivity contribution in [2.24, 2.45) is 5.92 Å². The number of carbonyl (C=O) groups excluding carboxylic acids is 1. The number of likely N-dealkylation sites (tertiary alicyclic amines) is 1. The molecule has 0 bridgehead atoms. The van der Waals surface area contributed by atoms with Gasteiger partial charge in [0.2, 0.25) is 0 Å². The normalized spacial score (nSPS) is 18.8. The van der Waals surface area contributed by atoms with Crippen LogP contribution in [0.4, 0.5) is 0 Å². The second-order valence-corrected chi connectivity index (χ2v) is 6.02. The maximum Gasteiger partial charge on any atom is 0.276 e. The van der Waals surface area contributed by atoms with Gasteiger partial charge < -0.3 is 9.42 Å². The van der Waals surface area contributed by atoms with Crippen LogP contribution in [0, 0.1) is 5.92 Å². The minimum Gasteiger partial charge on any atom is -0.355 e. The van der Waals surface area contributed by atoms with Crippen molar-refractivity contribution < 1.29 is 9.32 Å². The van der Waals surface area contributed by atoms with Crippen molar-refractivity contribution in [1.82, 2.24) is 10.1 Å². The largest absolute Gasteiger partial charge is 0.355 e. The summed E-state index contributed by atoms with van der Waals surface area (Å²) < 4.78 is 5.29. The number of piperidine rings is 1. The van der Waals surface area contributed by atoms with E-state index in [0.717, 1.165) is 25.1 Å². The maximum absolute atomic E-state index is 12.4. The Balaban J connectivity index is 1.78. The lowest BCUT2D eigenvalue weighted by molar-refractivity contribution is 0.0672. The van der Waals surface area contributed by atoms with Crippen LogP contribution in [0.2, 0.25) is 5.02 Å². The van der Waals surface area contributed by atoms with E-state index >= 15 is 0 Å². The van der Waals surface area contributed by atoms with Gasteiger partial charge in [-0.05, 0) is 43.0 Å². The monoisotopic (exact) mass is 304 g/mol. The van der Waals surface area contributed by atoms with Crippen LogP contribution in [0.3, 0.4) is 0 Å². The van der Waals surface area contributed by atoms with Crippen molar-refractivity contribution in [3.63, 3.8) is 0 Å². The summed E-state index contributed by atoms with van der Waals surface area (Å²) in [5.74, 6) is 1.08. The average Bonchev–Trinajstić information content (AvgIpc) is 2.97. The number of halogens is 1. The molecule has 0 N–H and O–H groups in total. The van der Waals surface area contributed by atoms with E-state index in [9.17, 15) is 4.79 Å². The van der Waals surface area contributed by atoms with Gasteiger partial charge in [0.1, 0.15) is 0 Å². The summed E-state index contributed by atoms with van der Waals surface area (Å²) in [6.45, 7) is 3.76. The Kier molecular flexibility index (Phi) is 3.97. The third-order valence-electron chi connectivity index (χ3n) is 3.80. The standard InChI is InChI=1S/C16H17ClN2O2/c1-11-3-2-8-19(10-11)16(20)14-9-15(21-18-14)12-4-6-13(17)7-5-12/h4-7,9,11H,2-3,8,10H2,1H3. The highest BCUT2D eigenvalue weighted by Gasteiger charge is 2.24. The molecule has 0 saturated carbocycles. The zero-order valence-corrected chi connectivity index (χ0v) is 12.6. The Labute approximate surface area is 128 Å². The maximum atomic E-state index is 12.4. The molecule has 1 saturated heterocycles. The minimum absolute atomic E-state index is 0.0505. The number of aromatic nitrogens is 1. The summed E-state index contributed by atoms with van der Waals surface area (Å²) in [5.41, 5.74) is 1.23. The van der Waals surface area contributed by atoms with Crippen LogP contribution in [0.5, 0.6) is 0 Å². The van der Waals surface area contributed by atoms with E-state index in [2.05, 4.69) is 12.1 Å². The summed E-state index contributed by atoms with van der Waals surface area (Å²) in [7, 11) is 0. The van der Waals surface area contributed by atoms with E-state index < -0.39 is 0 Å². The first-order chi connectivity index (χ1) is 10.1. The van der Waals surface area contributed by atoms with Crippen LogP contribution in [0.1, 0.15) is 30.3 Å². The third kappa shape index (κ3) is 3.10. The number of nitrogens with zero attached hydrogens (tertiary/aromatic N) is 2. The summed E-state index contributed by atoms with van der Waals surface area (Å²) in [6.07, 6.45) is 2.23. The first-order valence-corrected chi connectivity index (χ1v) is 7.53.